The van der Waals surface area contributed by atoms with Crippen molar-refractivity contribution in [2.75, 3.05) is 35.4 Å². The molecule has 5 heterocycles. The normalized spacial score (nSPS) is 45.3. The molecule has 4 saturated heterocycles. The van der Waals surface area contributed by atoms with E-state index in [4.69, 9.17) is 52.1 Å². The Kier molecular flexibility index (Phi) is 14.3. The summed E-state index contributed by atoms with van der Waals surface area (Å²) >= 11 is 0. The number of nitro groups is 1. The van der Waals surface area contributed by atoms with Crippen LogP contribution in [-0.2, 0) is 59.4 Å². The number of nitrogens with zero attached hydrogens (tertiary/aromatic N) is 2. The van der Waals surface area contributed by atoms with Gasteiger partial charge >= 0.3 is 0 Å². The van der Waals surface area contributed by atoms with Crippen LogP contribution in [0.5, 0.6) is 11.5 Å². The van der Waals surface area contributed by atoms with E-state index in [0.717, 1.165) is 0 Å². The van der Waals surface area contributed by atoms with Gasteiger partial charge in [-0.2, -0.15) is 0 Å². The van der Waals surface area contributed by atoms with Crippen LogP contribution in [0.25, 0.3) is 0 Å². The highest BCUT2D eigenvalue weighted by molar-refractivity contribution is 6.30. The highest BCUT2D eigenvalue weighted by atomic mass is 16.8. The summed E-state index contributed by atoms with van der Waals surface area (Å²) in [5, 5.41) is 93.8. The fourth-order valence-corrected chi connectivity index (χ4v) is 12.9. The number of aliphatic hydroxyl groups is 6. The number of fused-ring (bicyclic) bond motifs is 8. The number of ketones is 2. The van der Waals surface area contributed by atoms with Crippen molar-refractivity contribution in [2.45, 2.75) is 201 Å². The van der Waals surface area contributed by atoms with E-state index in [0.29, 0.717) is 0 Å². The van der Waals surface area contributed by atoms with Gasteiger partial charge in [0.15, 0.2) is 30.8 Å². The Morgan fingerprint density at radius 1 is 0.733 bits per heavy atom. The van der Waals surface area contributed by atoms with Gasteiger partial charge in [0.25, 0.3) is 5.54 Å². The lowest BCUT2D eigenvalue weighted by molar-refractivity contribution is -0.600. The smallest absolute Gasteiger partial charge is 0.252 e. The number of aromatic hydroxyl groups is 1. The SMILES string of the molecule is COC1C(O[C@@H]2O[C@@H](C)[C@H](O)[C@@](C)(O)[C@H]2OC)c2c(cc3c(c2O)C(=O)c2c(ccc4c2O[C@@H]2OC4(C)C(O[C@@H]4C[C@@](C)([N+](=O)[O-])[C@@H](O[C@@H]5O[C@@H](C)[C@H](O)[C@@](C)(O)[C@H]5OC)[C@H](C)O4)C(N(C)C)C2O)C3=O)CC1(C)O. The van der Waals surface area contributed by atoms with Gasteiger partial charge in [0.05, 0.1) is 47.5 Å². The summed E-state index contributed by atoms with van der Waals surface area (Å²) in [4.78, 5) is 44.4. The molecule has 0 spiro atoms. The number of phenolic OH excluding ortho intramolecular Hbond substituents is 1. The molecule has 2 bridgehead atoms. The Balaban J connectivity index is 1.08. The van der Waals surface area contributed by atoms with Gasteiger partial charge in [-0.3, -0.25) is 19.7 Å². The number of carbonyl (C=O) groups is 2. The molecule has 7 aliphatic rings. The monoisotopic (exact) mass is 1060 g/mol. The number of benzene rings is 2. The molecule has 7 N–H and O–H groups in total. The van der Waals surface area contributed by atoms with Gasteiger partial charge in [-0.15, -0.1) is 0 Å². The van der Waals surface area contributed by atoms with E-state index < -0.39 is 167 Å². The van der Waals surface area contributed by atoms with E-state index in [-0.39, 0.29) is 45.6 Å². The van der Waals surface area contributed by atoms with Crippen molar-refractivity contribution >= 4 is 11.6 Å². The van der Waals surface area contributed by atoms with Crippen molar-refractivity contribution < 1.29 is 102 Å². The number of methoxy groups -OCH3 is 3. The molecule has 24 nitrogen and oxygen atoms in total. The highest BCUT2D eigenvalue weighted by Gasteiger charge is 2.64. The van der Waals surface area contributed by atoms with Gasteiger partial charge in [0.1, 0.15) is 77.1 Å². The largest absolute Gasteiger partial charge is 0.507 e. The molecular weight excluding hydrogens is 993 g/mol. The molecule has 416 valence electrons. The van der Waals surface area contributed by atoms with E-state index in [2.05, 4.69) is 0 Å². The minimum absolute atomic E-state index is 0.0229. The molecule has 2 aliphatic carbocycles. The molecule has 2 aromatic rings. The topological polar surface area (TPSA) is 324 Å². The van der Waals surface area contributed by atoms with E-state index in [1.54, 1.807) is 32.8 Å². The molecule has 2 aromatic carbocycles. The van der Waals surface area contributed by atoms with Crippen molar-refractivity contribution in [2.24, 2.45) is 0 Å². The third-order valence-corrected chi connectivity index (χ3v) is 16.9. The molecule has 5 aliphatic heterocycles. The number of phenols is 1. The van der Waals surface area contributed by atoms with Crippen molar-refractivity contribution in [1.82, 2.24) is 4.90 Å². The number of likely N-dealkylation sites (N-methyl/N-ethyl adjacent to an activating group) is 1. The maximum atomic E-state index is 15.3. The zero-order valence-corrected chi connectivity index (χ0v) is 44.1. The molecule has 7 unspecified atom stereocenters. The van der Waals surface area contributed by atoms with Crippen LogP contribution in [0.2, 0.25) is 0 Å². The molecule has 0 aromatic heterocycles. The van der Waals surface area contributed by atoms with Gasteiger partial charge in [-0.25, -0.2) is 0 Å². The molecule has 4 fully saturated rings. The van der Waals surface area contributed by atoms with Gasteiger partial charge in [-0.1, -0.05) is 6.07 Å². The Labute approximate surface area is 432 Å². The van der Waals surface area contributed by atoms with Crippen LogP contribution in [0.4, 0.5) is 0 Å². The van der Waals surface area contributed by atoms with Crippen LogP contribution >= 0.6 is 0 Å². The average molecular weight is 1060 g/mol. The maximum Gasteiger partial charge on any atom is 0.252 e. The molecular formula is C51H70N2O22. The second kappa shape index (κ2) is 19.2. The van der Waals surface area contributed by atoms with Crippen molar-refractivity contribution in [3.8, 4) is 11.5 Å². The minimum Gasteiger partial charge on any atom is -0.507 e. The van der Waals surface area contributed by atoms with E-state index in [1.165, 1.54) is 81.1 Å². The Hall–Kier alpha value is -3.90. The predicted octanol–water partition coefficient (Wildman–Crippen LogP) is 0.487. The molecule has 0 saturated carbocycles. The first-order chi connectivity index (χ1) is 34.9. The summed E-state index contributed by atoms with van der Waals surface area (Å²) < 4.78 is 67.7. The maximum absolute atomic E-state index is 15.3. The van der Waals surface area contributed by atoms with E-state index in [9.17, 15) is 50.7 Å². The highest BCUT2D eigenvalue weighted by Crippen LogP contribution is 2.55. The van der Waals surface area contributed by atoms with Gasteiger partial charge < -0.3 is 92.8 Å². The standard InChI is InChI=1S/C51H70N2O22/c1-19-37(58)49(6,61)42(66-12)45(69-19)73-36-27-22(17-48(5,60)41(36)65-11)16-24-28(32(27)55)33(56)29-23(31(24)54)14-15-25-35(29)72-44-34(57)30(52(9)10)40(51(25,8)75-44)71-26-18-47(4,53(63)64)39(21(3)68-26)74-46-43(67-13)50(7,62)38(59)20(2)70-46/h14-16,19-21,26,30,34,36-46,55,57-62H,17-18H2,1-13H3/t19-,20-,21-,26+,30?,34?,36?,37-,38-,39-,40?,41?,42-,43-,44+,45-,46-,47+,48?,49+,50+,51?/m0/s1. The molecule has 0 amide bonds. The summed E-state index contributed by atoms with van der Waals surface area (Å²) in [5.41, 5.74) is -9.67. The van der Waals surface area contributed by atoms with Crippen LogP contribution in [-0.4, -0.2) is 213 Å². The van der Waals surface area contributed by atoms with Crippen LogP contribution in [0.1, 0.15) is 116 Å². The second-order valence-electron chi connectivity index (χ2n) is 22.4. The number of aliphatic hydroxyl groups excluding tert-OH is 3. The van der Waals surface area contributed by atoms with Crippen LogP contribution < -0.4 is 4.74 Å². The van der Waals surface area contributed by atoms with E-state index in [1.807, 2.05) is 0 Å². The zero-order chi connectivity index (χ0) is 55.1. The van der Waals surface area contributed by atoms with E-state index >= 15 is 4.79 Å². The fourth-order valence-electron chi connectivity index (χ4n) is 12.9. The Bertz CT molecular complexity index is 2590. The van der Waals surface area contributed by atoms with Crippen LogP contribution in [0.3, 0.4) is 0 Å². The summed E-state index contributed by atoms with van der Waals surface area (Å²) in [7, 11) is 7.23. The second-order valence-corrected chi connectivity index (χ2v) is 22.4. The van der Waals surface area contributed by atoms with Crippen LogP contribution in [0, 0.1) is 10.1 Å². The Morgan fingerprint density at radius 3 is 1.85 bits per heavy atom. The molecule has 0 radical (unpaired) electrons. The third-order valence-electron chi connectivity index (χ3n) is 16.9. The molecule has 9 rings (SSSR count). The quantitative estimate of drug-likeness (QED) is 0.101. The van der Waals surface area contributed by atoms with Crippen molar-refractivity contribution in [3.63, 3.8) is 0 Å². The lowest BCUT2D eigenvalue weighted by Crippen LogP contribution is -2.71. The molecule has 24 heteroatoms. The van der Waals surface area contributed by atoms with Gasteiger partial charge in [-0.05, 0) is 80.3 Å². The number of ether oxygens (including phenoxy) is 11. The molecule has 75 heavy (non-hydrogen) atoms. The van der Waals surface area contributed by atoms with Crippen LogP contribution in [0.15, 0.2) is 18.2 Å². The summed E-state index contributed by atoms with van der Waals surface area (Å²) in [6, 6.07) is 3.39. The first-order valence-electron chi connectivity index (χ1n) is 25.0. The predicted molar refractivity (Wildman–Crippen MR) is 254 cm³/mol. The average Bonchev–Trinajstić information content (AvgIpc) is 3.31. The summed E-state index contributed by atoms with van der Waals surface area (Å²) in [6.07, 6.45) is -21.4. The van der Waals surface area contributed by atoms with Crippen molar-refractivity contribution in [3.05, 3.63) is 67.3 Å². The van der Waals surface area contributed by atoms with Gasteiger partial charge in [0, 0.05) is 61.9 Å². The number of rotatable bonds is 11. The molecule has 22 atom stereocenters. The number of carbonyl (C=O) groups excluding carboxylic acids is 2. The van der Waals surface area contributed by atoms with Gasteiger partial charge in [0.2, 0.25) is 12.1 Å². The third kappa shape index (κ3) is 8.45. The lowest BCUT2D eigenvalue weighted by Gasteiger charge is -2.56. The fraction of sp³-hybridized carbons (Fsp3) is 0.725. The Morgan fingerprint density at radius 2 is 1.31 bits per heavy atom. The zero-order valence-electron chi connectivity index (χ0n) is 44.1. The van der Waals surface area contributed by atoms with Crippen molar-refractivity contribution in [1.29, 1.82) is 0 Å². The first kappa shape index (κ1) is 55.8. The number of hydrogen-bond acceptors (Lipinski definition) is 23. The summed E-state index contributed by atoms with van der Waals surface area (Å²) in [6.45, 7) is 11.7. The first-order valence-corrected chi connectivity index (χ1v) is 25.0. The number of hydrogen-bond donors (Lipinski definition) is 7. The minimum atomic E-state index is -1.95. The lowest BCUT2D eigenvalue weighted by atomic mass is 9.71. The summed E-state index contributed by atoms with van der Waals surface area (Å²) in [5.74, 6) is -2.37.